The van der Waals surface area contributed by atoms with Crippen molar-refractivity contribution in [3.63, 3.8) is 0 Å². The average Bonchev–Trinajstić information content (AvgIpc) is 2.57. The first-order valence-electron chi connectivity index (χ1n) is 7.24. The van der Waals surface area contributed by atoms with Crippen molar-refractivity contribution in [3.05, 3.63) is 0 Å². The topological polar surface area (TPSA) is 18.5 Å². The molecule has 102 valence electrons. The molecule has 1 saturated carbocycles. The number of hydrogen-bond donors (Lipinski definition) is 0. The largest absolute Gasteiger partial charge is 0.400 e. The summed E-state index contributed by atoms with van der Waals surface area (Å²) in [6.07, 6.45) is 9.75. The minimum atomic E-state index is -1.46. The average molecular weight is 258 g/mol. The van der Waals surface area contributed by atoms with Gasteiger partial charge in [0.1, 0.15) is 0 Å². The van der Waals surface area contributed by atoms with E-state index in [0.29, 0.717) is 5.54 Å². The molecule has 0 aromatic heterocycles. The van der Waals surface area contributed by atoms with Gasteiger partial charge in [-0.05, 0) is 18.3 Å². The van der Waals surface area contributed by atoms with Crippen LogP contribution in [0, 0.1) is 11.8 Å². The molecule has 1 rings (SSSR count). The lowest BCUT2D eigenvalue weighted by Gasteiger charge is -2.31. The molecular formula is C14H30O2Si. The predicted molar refractivity (Wildman–Crippen MR) is 75.6 cm³/mol. The van der Waals surface area contributed by atoms with E-state index in [1.54, 1.807) is 0 Å². The van der Waals surface area contributed by atoms with E-state index in [1.807, 2.05) is 14.2 Å². The van der Waals surface area contributed by atoms with Gasteiger partial charge in [-0.1, -0.05) is 52.4 Å². The summed E-state index contributed by atoms with van der Waals surface area (Å²) in [7, 11) is 2.22. The van der Waals surface area contributed by atoms with E-state index in [1.165, 1.54) is 44.9 Å². The van der Waals surface area contributed by atoms with Crippen LogP contribution in [0.25, 0.3) is 0 Å². The lowest BCUT2D eigenvalue weighted by Crippen LogP contribution is -2.32. The molecule has 0 aromatic rings. The lowest BCUT2D eigenvalue weighted by atomic mass is 9.91. The van der Waals surface area contributed by atoms with Crippen molar-refractivity contribution in [1.82, 2.24) is 0 Å². The van der Waals surface area contributed by atoms with E-state index < -0.39 is 9.28 Å². The quantitative estimate of drug-likeness (QED) is 0.531. The maximum Gasteiger partial charge on any atom is 0.324 e. The van der Waals surface area contributed by atoms with Crippen molar-refractivity contribution in [2.45, 2.75) is 64.3 Å². The van der Waals surface area contributed by atoms with Crippen molar-refractivity contribution in [2.24, 2.45) is 11.8 Å². The Kier molecular flexibility index (Phi) is 7.40. The van der Waals surface area contributed by atoms with Crippen molar-refractivity contribution in [2.75, 3.05) is 14.2 Å². The first kappa shape index (κ1) is 15.2. The second-order valence-electron chi connectivity index (χ2n) is 5.88. The SMILES string of the molecule is CO[SiH](OC)C(CC(C)C)C1CCCCCC1. The summed E-state index contributed by atoms with van der Waals surface area (Å²) in [6.45, 7) is 4.64. The highest BCUT2D eigenvalue weighted by molar-refractivity contribution is 6.46. The molecule has 0 heterocycles. The molecule has 1 fully saturated rings. The summed E-state index contributed by atoms with van der Waals surface area (Å²) in [5, 5.41) is 0. The van der Waals surface area contributed by atoms with E-state index in [4.69, 9.17) is 8.85 Å². The maximum absolute atomic E-state index is 5.67. The van der Waals surface area contributed by atoms with Gasteiger partial charge >= 0.3 is 9.28 Å². The standard InChI is InChI=1S/C14H30O2Si/c1-12(2)11-14(17(15-3)16-4)13-9-7-5-6-8-10-13/h12-14,17H,5-11H2,1-4H3. The smallest absolute Gasteiger partial charge is 0.324 e. The normalized spacial score (nSPS) is 20.8. The third-order valence-electron chi connectivity index (χ3n) is 4.06. The highest BCUT2D eigenvalue weighted by Gasteiger charge is 2.32. The molecule has 1 aliphatic carbocycles. The van der Waals surface area contributed by atoms with E-state index in [2.05, 4.69) is 13.8 Å². The fourth-order valence-corrected chi connectivity index (χ4v) is 5.74. The van der Waals surface area contributed by atoms with Crippen molar-refractivity contribution in [1.29, 1.82) is 0 Å². The molecular weight excluding hydrogens is 228 g/mol. The highest BCUT2D eigenvalue weighted by atomic mass is 28.3. The third kappa shape index (κ3) is 5.10. The summed E-state index contributed by atoms with van der Waals surface area (Å²) in [6, 6.07) is 0. The summed E-state index contributed by atoms with van der Waals surface area (Å²) < 4.78 is 11.3. The van der Waals surface area contributed by atoms with Gasteiger partial charge < -0.3 is 8.85 Å². The first-order valence-corrected chi connectivity index (χ1v) is 8.85. The zero-order valence-electron chi connectivity index (χ0n) is 12.1. The molecule has 0 bridgehead atoms. The van der Waals surface area contributed by atoms with Gasteiger partial charge in [0.15, 0.2) is 0 Å². The molecule has 3 heteroatoms. The molecule has 0 aromatic carbocycles. The molecule has 17 heavy (non-hydrogen) atoms. The Hall–Kier alpha value is 0.137. The molecule has 1 atom stereocenters. The molecule has 0 spiro atoms. The predicted octanol–water partition coefficient (Wildman–Crippen LogP) is 3.89. The zero-order valence-corrected chi connectivity index (χ0v) is 13.2. The number of rotatable bonds is 6. The fourth-order valence-electron chi connectivity index (χ4n) is 3.26. The van der Waals surface area contributed by atoms with Crippen LogP contribution in [-0.2, 0) is 8.85 Å². The molecule has 1 aliphatic rings. The van der Waals surface area contributed by atoms with E-state index in [9.17, 15) is 0 Å². The fraction of sp³-hybridized carbons (Fsp3) is 1.00. The minimum absolute atomic E-state index is 0.711. The van der Waals surface area contributed by atoms with Gasteiger partial charge in [-0.3, -0.25) is 0 Å². The molecule has 0 amide bonds. The second-order valence-corrected chi connectivity index (χ2v) is 8.42. The van der Waals surface area contributed by atoms with Crippen molar-refractivity contribution < 1.29 is 8.85 Å². The Labute approximate surface area is 109 Å². The summed E-state index contributed by atoms with van der Waals surface area (Å²) >= 11 is 0. The summed E-state index contributed by atoms with van der Waals surface area (Å²) in [5.74, 6) is 1.61. The van der Waals surface area contributed by atoms with E-state index >= 15 is 0 Å². The minimum Gasteiger partial charge on any atom is -0.400 e. The van der Waals surface area contributed by atoms with Gasteiger partial charge in [0.2, 0.25) is 0 Å². The van der Waals surface area contributed by atoms with Crippen molar-refractivity contribution in [3.8, 4) is 0 Å². The zero-order chi connectivity index (χ0) is 12.7. The second kappa shape index (κ2) is 8.28. The van der Waals surface area contributed by atoms with Crippen LogP contribution in [0.3, 0.4) is 0 Å². The van der Waals surface area contributed by atoms with Gasteiger partial charge in [0.25, 0.3) is 0 Å². The molecule has 0 radical (unpaired) electrons. The molecule has 0 saturated heterocycles. The molecule has 0 aliphatic heterocycles. The van der Waals surface area contributed by atoms with Gasteiger partial charge in [-0.15, -0.1) is 0 Å². The highest BCUT2D eigenvalue weighted by Crippen LogP contribution is 2.38. The van der Waals surface area contributed by atoms with Crippen LogP contribution in [0.5, 0.6) is 0 Å². The third-order valence-corrected chi connectivity index (χ3v) is 6.51. The van der Waals surface area contributed by atoms with Gasteiger partial charge in [-0.25, -0.2) is 0 Å². The Morgan fingerprint density at radius 2 is 1.53 bits per heavy atom. The Balaban J connectivity index is 2.64. The molecule has 1 unspecified atom stereocenters. The monoisotopic (exact) mass is 258 g/mol. The van der Waals surface area contributed by atoms with Crippen molar-refractivity contribution >= 4 is 9.28 Å². The summed E-state index contributed by atoms with van der Waals surface area (Å²) in [4.78, 5) is 0. The number of hydrogen-bond acceptors (Lipinski definition) is 2. The van der Waals surface area contributed by atoms with Gasteiger partial charge in [0, 0.05) is 19.8 Å². The van der Waals surface area contributed by atoms with Gasteiger partial charge in [0.05, 0.1) is 0 Å². The van der Waals surface area contributed by atoms with Crippen LogP contribution >= 0.6 is 0 Å². The Bertz CT molecular complexity index is 185. The van der Waals surface area contributed by atoms with Crippen LogP contribution in [0.1, 0.15) is 58.8 Å². The Morgan fingerprint density at radius 3 is 1.94 bits per heavy atom. The van der Waals surface area contributed by atoms with Crippen LogP contribution in [0.4, 0.5) is 0 Å². The van der Waals surface area contributed by atoms with Crippen LogP contribution in [0.15, 0.2) is 0 Å². The van der Waals surface area contributed by atoms with Crippen LogP contribution in [0.2, 0.25) is 5.54 Å². The van der Waals surface area contributed by atoms with Gasteiger partial charge in [-0.2, -0.15) is 0 Å². The van der Waals surface area contributed by atoms with E-state index in [0.717, 1.165) is 11.8 Å². The first-order chi connectivity index (χ1) is 8.19. The lowest BCUT2D eigenvalue weighted by molar-refractivity contribution is 0.232. The molecule has 2 nitrogen and oxygen atoms in total. The van der Waals surface area contributed by atoms with E-state index in [-0.39, 0.29) is 0 Å². The Morgan fingerprint density at radius 1 is 1.00 bits per heavy atom. The van der Waals surface area contributed by atoms with Crippen LogP contribution in [-0.4, -0.2) is 23.5 Å². The maximum atomic E-state index is 5.67. The van der Waals surface area contributed by atoms with Crippen LogP contribution < -0.4 is 0 Å². The summed E-state index contributed by atoms with van der Waals surface area (Å²) in [5.41, 5.74) is 0.711. The molecule has 0 N–H and O–H groups in total.